The SMILES string of the molecule is CCSCC(=O)c1ncc(C=C(Cl)C(F)(F)F)n1C. The summed E-state index contributed by atoms with van der Waals surface area (Å²) in [6, 6.07) is 0. The molecule has 0 aliphatic heterocycles. The number of hydrogen-bond donors (Lipinski definition) is 0. The Hall–Kier alpha value is -0.950. The molecule has 1 aromatic rings. The fraction of sp³-hybridized carbons (Fsp3) is 0.455. The summed E-state index contributed by atoms with van der Waals surface area (Å²) in [5, 5.41) is -1.25. The van der Waals surface area contributed by atoms with Crippen molar-refractivity contribution in [1.29, 1.82) is 0 Å². The number of Topliss-reactive ketones (excluding diaryl/α,β-unsaturated/α-hetero) is 1. The highest BCUT2D eigenvalue weighted by Gasteiger charge is 2.32. The summed E-state index contributed by atoms with van der Waals surface area (Å²) in [5.74, 6) is 0.927. The third-order valence-electron chi connectivity index (χ3n) is 2.26. The molecule has 0 radical (unpaired) electrons. The van der Waals surface area contributed by atoms with Crippen molar-refractivity contribution in [3.05, 3.63) is 22.7 Å². The van der Waals surface area contributed by atoms with E-state index in [0.29, 0.717) is 0 Å². The van der Waals surface area contributed by atoms with Gasteiger partial charge >= 0.3 is 6.18 Å². The highest BCUT2D eigenvalue weighted by molar-refractivity contribution is 7.99. The van der Waals surface area contributed by atoms with Crippen LogP contribution in [0.2, 0.25) is 0 Å². The molecule has 8 heteroatoms. The van der Waals surface area contributed by atoms with Crippen molar-refractivity contribution in [2.75, 3.05) is 11.5 Å². The standard InChI is InChI=1S/C11H12ClF3N2OS/c1-3-19-6-8(18)10-16-5-7(17(10)2)4-9(12)11(13,14)15/h4-5H,3,6H2,1-2H3. The number of alkyl halides is 3. The van der Waals surface area contributed by atoms with E-state index in [1.54, 1.807) is 0 Å². The molecule has 0 spiro atoms. The Morgan fingerprint density at radius 1 is 1.58 bits per heavy atom. The van der Waals surface area contributed by atoms with E-state index < -0.39 is 11.2 Å². The van der Waals surface area contributed by atoms with Gasteiger partial charge in [-0.05, 0) is 11.8 Å². The maximum absolute atomic E-state index is 12.3. The van der Waals surface area contributed by atoms with Gasteiger partial charge in [-0.15, -0.1) is 0 Å². The zero-order chi connectivity index (χ0) is 14.6. The minimum atomic E-state index is -4.60. The molecule has 0 aliphatic carbocycles. The van der Waals surface area contributed by atoms with E-state index in [-0.39, 0.29) is 23.1 Å². The molecule has 0 aromatic carbocycles. The minimum absolute atomic E-state index is 0.124. The molecule has 106 valence electrons. The lowest BCUT2D eigenvalue weighted by Gasteiger charge is -2.05. The Labute approximate surface area is 117 Å². The molecule has 0 atom stereocenters. The molecule has 0 saturated carbocycles. The van der Waals surface area contributed by atoms with Crippen LogP contribution in [0.25, 0.3) is 6.08 Å². The van der Waals surface area contributed by atoms with Crippen LogP contribution in [0.5, 0.6) is 0 Å². The summed E-state index contributed by atoms with van der Waals surface area (Å²) in [4.78, 5) is 15.6. The summed E-state index contributed by atoms with van der Waals surface area (Å²) in [5.41, 5.74) is 0.132. The number of carbonyl (C=O) groups is 1. The number of imidazole rings is 1. The first kappa shape index (κ1) is 16.1. The Kier molecular flexibility index (Phi) is 5.49. The molecule has 19 heavy (non-hydrogen) atoms. The third kappa shape index (κ3) is 4.28. The van der Waals surface area contributed by atoms with Gasteiger partial charge in [-0.3, -0.25) is 4.79 Å². The third-order valence-corrected chi connectivity index (χ3v) is 3.45. The number of nitrogens with zero attached hydrogens (tertiary/aromatic N) is 2. The average molecular weight is 313 g/mol. The summed E-state index contributed by atoms with van der Waals surface area (Å²) in [7, 11) is 1.48. The molecule has 1 heterocycles. The molecule has 1 aromatic heterocycles. The molecular weight excluding hydrogens is 301 g/mol. The fourth-order valence-electron chi connectivity index (χ4n) is 1.29. The highest BCUT2D eigenvalue weighted by Crippen LogP contribution is 2.30. The minimum Gasteiger partial charge on any atom is -0.325 e. The molecule has 0 bridgehead atoms. The van der Waals surface area contributed by atoms with Crippen molar-refractivity contribution in [2.24, 2.45) is 7.05 Å². The second kappa shape index (κ2) is 6.47. The molecule has 0 saturated heterocycles. The zero-order valence-electron chi connectivity index (χ0n) is 10.3. The first-order chi connectivity index (χ1) is 8.77. The van der Waals surface area contributed by atoms with E-state index in [1.165, 1.54) is 29.6 Å². The van der Waals surface area contributed by atoms with E-state index in [9.17, 15) is 18.0 Å². The van der Waals surface area contributed by atoms with Crippen molar-refractivity contribution in [1.82, 2.24) is 9.55 Å². The lowest BCUT2D eigenvalue weighted by molar-refractivity contribution is -0.0836. The largest absolute Gasteiger partial charge is 0.427 e. The van der Waals surface area contributed by atoms with Crippen LogP contribution in [0.4, 0.5) is 13.2 Å². The van der Waals surface area contributed by atoms with Crippen molar-refractivity contribution >= 4 is 35.2 Å². The van der Waals surface area contributed by atoms with Gasteiger partial charge in [0.1, 0.15) is 5.03 Å². The van der Waals surface area contributed by atoms with Gasteiger partial charge in [0, 0.05) is 7.05 Å². The lowest BCUT2D eigenvalue weighted by Crippen LogP contribution is -2.11. The Morgan fingerprint density at radius 3 is 2.74 bits per heavy atom. The molecule has 0 N–H and O–H groups in total. The maximum atomic E-state index is 12.3. The van der Waals surface area contributed by atoms with Gasteiger partial charge in [0.05, 0.1) is 17.6 Å². The predicted molar refractivity (Wildman–Crippen MR) is 70.4 cm³/mol. The lowest BCUT2D eigenvalue weighted by atomic mass is 10.3. The number of hydrogen-bond acceptors (Lipinski definition) is 3. The van der Waals surface area contributed by atoms with E-state index in [2.05, 4.69) is 4.98 Å². The normalized spacial score (nSPS) is 12.8. The van der Waals surface area contributed by atoms with E-state index in [0.717, 1.165) is 11.8 Å². The summed E-state index contributed by atoms with van der Waals surface area (Å²) in [6.07, 6.45) is -2.66. The number of ketones is 1. The summed E-state index contributed by atoms with van der Waals surface area (Å²) >= 11 is 6.56. The monoisotopic (exact) mass is 312 g/mol. The zero-order valence-corrected chi connectivity index (χ0v) is 11.9. The molecule has 1 rings (SSSR count). The number of rotatable bonds is 5. The van der Waals surface area contributed by atoms with Crippen LogP contribution in [0.15, 0.2) is 11.2 Å². The predicted octanol–water partition coefficient (Wildman–Crippen LogP) is 3.50. The average Bonchev–Trinajstić information content (AvgIpc) is 2.67. The second-order valence-corrected chi connectivity index (χ2v) is 5.30. The van der Waals surface area contributed by atoms with Crippen LogP contribution < -0.4 is 0 Å². The fourth-order valence-corrected chi connectivity index (χ4v) is 1.92. The van der Waals surface area contributed by atoms with Gasteiger partial charge in [0.15, 0.2) is 5.82 Å². The van der Waals surface area contributed by atoms with Crippen molar-refractivity contribution < 1.29 is 18.0 Å². The Bertz CT molecular complexity index is 497. The molecule has 0 unspecified atom stereocenters. The topological polar surface area (TPSA) is 34.9 Å². The Morgan fingerprint density at radius 2 is 2.21 bits per heavy atom. The van der Waals surface area contributed by atoms with Crippen LogP contribution in [0.1, 0.15) is 23.2 Å². The van der Waals surface area contributed by atoms with E-state index >= 15 is 0 Å². The number of aromatic nitrogens is 2. The van der Waals surface area contributed by atoms with Crippen LogP contribution in [-0.2, 0) is 7.05 Å². The molecule has 0 aliphatic rings. The Balaban J connectivity index is 2.97. The van der Waals surface area contributed by atoms with Gasteiger partial charge in [0.25, 0.3) is 0 Å². The van der Waals surface area contributed by atoms with Crippen LogP contribution in [0.3, 0.4) is 0 Å². The summed E-state index contributed by atoms with van der Waals surface area (Å²) < 4.78 is 38.2. The number of allylic oxidation sites excluding steroid dienone is 1. The number of thioether (sulfide) groups is 1. The number of carbonyl (C=O) groups excluding carboxylic acids is 1. The first-order valence-electron chi connectivity index (χ1n) is 5.34. The van der Waals surface area contributed by atoms with Gasteiger partial charge < -0.3 is 4.57 Å². The van der Waals surface area contributed by atoms with Crippen molar-refractivity contribution in [2.45, 2.75) is 13.1 Å². The quantitative estimate of drug-likeness (QED) is 0.781. The van der Waals surface area contributed by atoms with Crippen LogP contribution in [-0.4, -0.2) is 33.0 Å². The maximum Gasteiger partial charge on any atom is 0.427 e. The van der Waals surface area contributed by atoms with Gasteiger partial charge in [-0.1, -0.05) is 18.5 Å². The molecule has 0 amide bonds. The van der Waals surface area contributed by atoms with Crippen LogP contribution >= 0.6 is 23.4 Å². The van der Waals surface area contributed by atoms with Crippen LogP contribution in [0, 0.1) is 0 Å². The second-order valence-electron chi connectivity index (χ2n) is 3.62. The van der Waals surface area contributed by atoms with Crippen molar-refractivity contribution in [3.8, 4) is 0 Å². The van der Waals surface area contributed by atoms with E-state index in [1.807, 2.05) is 6.92 Å². The summed E-state index contributed by atoms with van der Waals surface area (Å²) in [6.45, 7) is 1.91. The molecule has 3 nitrogen and oxygen atoms in total. The van der Waals surface area contributed by atoms with Gasteiger partial charge in [-0.25, -0.2) is 4.98 Å². The smallest absolute Gasteiger partial charge is 0.325 e. The first-order valence-corrected chi connectivity index (χ1v) is 6.87. The van der Waals surface area contributed by atoms with Gasteiger partial charge in [-0.2, -0.15) is 24.9 Å². The molecule has 0 fully saturated rings. The highest BCUT2D eigenvalue weighted by atomic mass is 35.5. The molecular formula is C11H12ClF3N2OS. The van der Waals surface area contributed by atoms with Crippen molar-refractivity contribution in [3.63, 3.8) is 0 Å². The number of halogens is 4. The van der Waals surface area contributed by atoms with E-state index in [4.69, 9.17) is 11.6 Å². The van der Waals surface area contributed by atoms with Gasteiger partial charge in [0.2, 0.25) is 5.78 Å².